The van der Waals surface area contributed by atoms with E-state index in [-0.39, 0.29) is 0 Å². The third-order valence-corrected chi connectivity index (χ3v) is 6.26. The topological polar surface area (TPSA) is 3.24 Å². The number of nitrogens with zero attached hydrogens (tertiary/aromatic N) is 1. The van der Waals surface area contributed by atoms with Gasteiger partial charge in [0, 0.05) is 18.4 Å². The second-order valence-corrected chi connectivity index (χ2v) is 8.16. The summed E-state index contributed by atoms with van der Waals surface area (Å²) < 4.78 is 0. The van der Waals surface area contributed by atoms with E-state index in [1.807, 2.05) is 13.8 Å². The summed E-state index contributed by atoms with van der Waals surface area (Å²) in [6, 6.07) is 6.63. The Bertz CT molecular complexity index is 701. The van der Waals surface area contributed by atoms with E-state index in [9.17, 15) is 0 Å². The zero-order chi connectivity index (χ0) is 20.5. The first kappa shape index (κ1) is 22.5. The van der Waals surface area contributed by atoms with Gasteiger partial charge in [0.2, 0.25) is 0 Å². The van der Waals surface area contributed by atoms with Gasteiger partial charge >= 0.3 is 0 Å². The lowest BCUT2D eigenvalue weighted by molar-refractivity contribution is 0.408. The van der Waals surface area contributed by atoms with Gasteiger partial charge in [0.25, 0.3) is 0 Å². The predicted octanol–water partition coefficient (Wildman–Crippen LogP) is 8.15. The molecule has 0 radical (unpaired) electrons. The van der Waals surface area contributed by atoms with Crippen molar-refractivity contribution >= 4 is 5.69 Å². The zero-order valence-corrected chi connectivity index (χ0v) is 19.0. The van der Waals surface area contributed by atoms with Crippen LogP contribution in [0.5, 0.6) is 0 Å². The first-order valence-corrected chi connectivity index (χ1v) is 11.5. The minimum Gasteiger partial charge on any atom is -0.349 e. The molecule has 1 aromatic rings. The van der Waals surface area contributed by atoms with Crippen LogP contribution in [0, 0.1) is 12.8 Å². The lowest BCUT2D eigenvalue weighted by Gasteiger charge is -2.29. The Morgan fingerprint density at radius 1 is 1.07 bits per heavy atom. The van der Waals surface area contributed by atoms with Crippen molar-refractivity contribution in [2.75, 3.05) is 11.9 Å². The van der Waals surface area contributed by atoms with Crippen LogP contribution in [-0.4, -0.2) is 7.05 Å². The molecule has 1 aliphatic heterocycles. The first-order valence-electron chi connectivity index (χ1n) is 11.5. The summed E-state index contributed by atoms with van der Waals surface area (Å²) in [7, 11) is 2.09. The van der Waals surface area contributed by atoms with E-state index in [4.69, 9.17) is 0 Å². The summed E-state index contributed by atoms with van der Waals surface area (Å²) in [4.78, 5) is 2.19. The number of hydrogen-bond donors (Lipinski definition) is 0. The SMILES string of the molecule is C=C1CCc2cc(C)ccc2N1C.CC.CCC1=CC(C2CCCCC2)=CC1. The summed E-state index contributed by atoms with van der Waals surface area (Å²) >= 11 is 0. The van der Waals surface area contributed by atoms with Crippen molar-refractivity contribution in [2.24, 2.45) is 5.92 Å². The Balaban J connectivity index is 0.000000184. The average molecular weight is 380 g/mol. The highest BCUT2D eigenvalue weighted by atomic mass is 15.1. The van der Waals surface area contributed by atoms with Crippen LogP contribution in [0.2, 0.25) is 0 Å². The Morgan fingerprint density at radius 3 is 2.43 bits per heavy atom. The second-order valence-electron chi connectivity index (χ2n) is 8.16. The second kappa shape index (κ2) is 11.3. The van der Waals surface area contributed by atoms with Crippen molar-refractivity contribution in [3.63, 3.8) is 0 Å². The van der Waals surface area contributed by atoms with Gasteiger partial charge in [-0.25, -0.2) is 0 Å². The molecule has 1 heteroatoms. The van der Waals surface area contributed by atoms with Crippen LogP contribution in [0.4, 0.5) is 5.69 Å². The third kappa shape index (κ3) is 5.87. The van der Waals surface area contributed by atoms with E-state index >= 15 is 0 Å². The van der Waals surface area contributed by atoms with Gasteiger partial charge in [-0.3, -0.25) is 0 Å². The van der Waals surface area contributed by atoms with Crippen molar-refractivity contribution in [1.82, 2.24) is 0 Å². The molecule has 0 aromatic heterocycles. The number of benzene rings is 1. The number of allylic oxidation sites excluding steroid dienone is 5. The van der Waals surface area contributed by atoms with Gasteiger partial charge < -0.3 is 4.90 Å². The molecule has 154 valence electrons. The Kier molecular flexibility index (Phi) is 9.09. The molecule has 4 rings (SSSR count). The summed E-state index contributed by atoms with van der Waals surface area (Å²) in [5.74, 6) is 0.915. The Hall–Kier alpha value is -1.76. The predicted molar refractivity (Wildman–Crippen MR) is 126 cm³/mol. The maximum atomic E-state index is 4.04. The molecule has 0 spiro atoms. The fourth-order valence-corrected chi connectivity index (χ4v) is 4.43. The molecule has 1 aromatic carbocycles. The highest BCUT2D eigenvalue weighted by Gasteiger charge is 2.18. The van der Waals surface area contributed by atoms with E-state index in [0.29, 0.717) is 0 Å². The van der Waals surface area contributed by atoms with Gasteiger partial charge in [0.1, 0.15) is 0 Å². The molecule has 1 nitrogen and oxygen atoms in total. The monoisotopic (exact) mass is 379 g/mol. The minimum atomic E-state index is 0.915. The molecule has 0 saturated heterocycles. The van der Waals surface area contributed by atoms with Crippen LogP contribution in [0.25, 0.3) is 0 Å². The number of hydrogen-bond acceptors (Lipinski definition) is 1. The van der Waals surface area contributed by atoms with Crippen LogP contribution in [0.3, 0.4) is 0 Å². The quantitative estimate of drug-likeness (QED) is 0.501. The molecule has 28 heavy (non-hydrogen) atoms. The van der Waals surface area contributed by atoms with Gasteiger partial charge in [-0.1, -0.05) is 82.0 Å². The summed E-state index contributed by atoms with van der Waals surface area (Å²) in [6.45, 7) is 12.5. The fraction of sp³-hybridized carbons (Fsp3) is 0.556. The van der Waals surface area contributed by atoms with Crippen LogP contribution in [0.15, 0.2) is 53.8 Å². The van der Waals surface area contributed by atoms with Crippen molar-refractivity contribution in [2.45, 2.75) is 85.5 Å². The lowest BCUT2D eigenvalue weighted by atomic mass is 9.84. The first-order chi connectivity index (χ1) is 13.6. The third-order valence-electron chi connectivity index (χ3n) is 6.26. The maximum absolute atomic E-state index is 4.04. The molecule has 0 atom stereocenters. The molecule has 1 fully saturated rings. The number of fused-ring (bicyclic) bond motifs is 1. The van der Waals surface area contributed by atoms with Crippen LogP contribution in [-0.2, 0) is 6.42 Å². The van der Waals surface area contributed by atoms with Crippen LogP contribution >= 0.6 is 0 Å². The summed E-state index contributed by atoms with van der Waals surface area (Å²) in [6.07, 6.45) is 16.9. The molecule has 1 saturated carbocycles. The molecule has 0 unspecified atom stereocenters. The van der Waals surface area contributed by atoms with E-state index in [0.717, 1.165) is 18.8 Å². The van der Waals surface area contributed by atoms with Gasteiger partial charge in [-0.05, 0) is 68.6 Å². The molecule has 3 aliphatic rings. The van der Waals surface area contributed by atoms with E-state index in [2.05, 4.69) is 62.7 Å². The summed E-state index contributed by atoms with van der Waals surface area (Å²) in [5, 5.41) is 0. The standard InChI is InChI=1S/C13H20.C12H15N.C2H6/c1-2-11-8-9-13(10-11)12-6-4-3-5-7-12;1-9-4-7-12-11(8-9)6-5-10(2)13(12)3;1-2/h9-10,12H,2-8H2,1H3;4,7-8H,2,5-6H2,1,3H3;1-2H3. The number of rotatable bonds is 2. The number of aryl methyl sites for hydroxylation is 2. The van der Waals surface area contributed by atoms with Crippen LogP contribution in [0.1, 0.15) is 83.3 Å². The highest BCUT2D eigenvalue weighted by Crippen LogP contribution is 2.34. The Labute approximate surface area is 174 Å². The molecular formula is C27H41N. The molecule has 0 N–H and O–H groups in total. The normalized spacial score (nSPS) is 18.9. The van der Waals surface area contributed by atoms with Crippen molar-refractivity contribution in [3.8, 4) is 0 Å². The summed E-state index contributed by atoms with van der Waals surface area (Å²) in [5.41, 5.74) is 8.64. The molecule has 0 bridgehead atoms. The van der Waals surface area contributed by atoms with Gasteiger partial charge in [0.15, 0.2) is 0 Å². The van der Waals surface area contributed by atoms with Gasteiger partial charge in [-0.2, -0.15) is 0 Å². The maximum Gasteiger partial charge on any atom is 0.0438 e. The van der Waals surface area contributed by atoms with E-state index in [1.165, 1.54) is 67.5 Å². The van der Waals surface area contributed by atoms with Gasteiger partial charge in [-0.15, -0.1) is 0 Å². The Morgan fingerprint density at radius 2 is 1.79 bits per heavy atom. The minimum absolute atomic E-state index is 0.915. The van der Waals surface area contributed by atoms with E-state index < -0.39 is 0 Å². The zero-order valence-electron chi connectivity index (χ0n) is 19.0. The smallest absolute Gasteiger partial charge is 0.0438 e. The average Bonchev–Trinajstić information content (AvgIpc) is 3.23. The highest BCUT2D eigenvalue weighted by molar-refractivity contribution is 5.60. The number of anilines is 1. The van der Waals surface area contributed by atoms with Crippen molar-refractivity contribution < 1.29 is 0 Å². The molecule has 0 amide bonds. The fourth-order valence-electron chi connectivity index (χ4n) is 4.43. The largest absolute Gasteiger partial charge is 0.349 e. The van der Waals surface area contributed by atoms with E-state index in [1.54, 1.807) is 11.1 Å². The molecule has 2 aliphatic carbocycles. The van der Waals surface area contributed by atoms with Crippen LogP contribution < -0.4 is 4.90 Å². The van der Waals surface area contributed by atoms with Crippen molar-refractivity contribution in [1.29, 1.82) is 0 Å². The van der Waals surface area contributed by atoms with Gasteiger partial charge in [0.05, 0.1) is 0 Å². The van der Waals surface area contributed by atoms with Crippen molar-refractivity contribution in [3.05, 3.63) is 64.9 Å². The molecule has 1 heterocycles. The molecular weight excluding hydrogens is 338 g/mol. The lowest BCUT2D eigenvalue weighted by Crippen LogP contribution is -2.21.